The highest BCUT2D eigenvalue weighted by Gasteiger charge is 2.38. The lowest BCUT2D eigenvalue weighted by molar-refractivity contribution is -0.150. The molecule has 0 aromatic carbocycles. The maximum absolute atomic E-state index is 12.6. The molecule has 3 amide bonds. The number of likely N-dealkylation sites (tertiary alicyclic amines) is 1. The van der Waals surface area contributed by atoms with Gasteiger partial charge in [-0.25, -0.2) is 4.79 Å². The van der Waals surface area contributed by atoms with E-state index in [0.29, 0.717) is 12.8 Å². The maximum atomic E-state index is 12.6. The number of aliphatic hydroxyl groups is 2. The summed E-state index contributed by atoms with van der Waals surface area (Å²) in [6.45, 7) is -1.13. The third-order valence-corrected chi connectivity index (χ3v) is 4.74. The van der Waals surface area contributed by atoms with Gasteiger partial charge >= 0.3 is 5.97 Å². The minimum absolute atomic E-state index is 0.0911. The molecule has 0 bridgehead atoms. The van der Waals surface area contributed by atoms with Crippen molar-refractivity contribution in [1.29, 1.82) is 0 Å². The minimum atomic E-state index is -1.42. The van der Waals surface area contributed by atoms with Crippen molar-refractivity contribution in [2.45, 2.75) is 49.9 Å². The lowest BCUT2D eigenvalue weighted by atomic mass is 10.1. The third kappa shape index (κ3) is 7.99. The Bertz CT molecular complexity index is 684. The van der Waals surface area contributed by atoms with Gasteiger partial charge in [-0.05, 0) is 25.7 Å². The first kappa shape index (κ1) is 26.1. The van der Waals surface area contributed by atoms with Gasteiger partial charge < -0.3 is 48.1 Å². The molecule has 4 unspecified atom stereocenters. The second kappa shape index (κ2) is 12.7. The fourth-order valence-electron chi connectivity index (χ4n) is 3.07. The fraction of sp³-hybridized carbons (Fsp3) is 0.706. The highest BCUT2D eigenvalue weighted by molar-refractivity contribution is 5.94. The average molecular weight is 445 g/mol. The van der Waals surface area contributed by atoms with Gasteiger partial charge in [-0.15, -0.1) is 0 Å². The number of hydrogen-bond acceptors (Lipinski definition) is 8. The first-order valence-corrected chi connectivity index (χ1v) is 9.79. The van der Waals surface area contributed by atoms with E-state index in [-0.39, 0.29) is 31.9 Å². The molecule has 1 aliphatic rings. The van der Waals surface area contributed by atoms with Crippen LogP contribution in [0.3, 0.4) is 0 Å². The molecule has 4 atom stereocenters. The average Bonchev–Trinajstić information content (AvgIpc) is 3.22. The lowest BCUT2D eigenvalue weighted by Crippen LogP contribution is -2.59. The summed E-state index contributed by atoms with van der Waals surface area (Å²) in [5, 5.41) is 32.7. The van der Waals surface area contributed by atoms with Crippen LogP contribution in [0.1, 0.15) is 25.7 Å². The molecule has 176 valence electrons. The van der Waals surface area contributed by atoms with Crippen molar-refractivity contribution in [3.8, 4) is 0 Å². The first-order chi connectivity index (χ1) is 14.6. The highest BCUT2D eigenvalue weighted by Crippen LogP contribution is 2.18. The van der Waals surface area contributed by atoms with Crippen LogP contribution < -0.4 is 27.8 Å². The molecule has 1 aliphatic heterocycles. The molecule has 0 radical (unpaired) electrons. The van der Waals surface area contributed by atoms with Gasteiger partial charge in [0.15, 0.2) is 5.96 Å². The number of carbonyl (C=O) groups is 4. The molecule has 1 heterocycles. The summed E-state index contributed by atoms with van der Waals surface area (Å²) in [6.07, 6.45) is 1.37. The van der Waals surface area contributed by atoms with Crippen LogP contribution in [-0.4, -0.2) is 100 Å². The zero-order chi connectivity index (χ0) is 23.6. The van der Waals surface area contributed by atoms with Crippen molar-refractivity contribution < 1.29 is 34.5 Å². The minimum Gasteiger partial charge on any atom is -0.480 e. The van der Waals surface area contributed by atoms with Crippen LogP contribution in [0.2, 0.25) is 0 Å². The van der Waals surface area contributed by atoms with Crippen molar-refractivity contribution in [2.75, 3.05) is 26.3 Å². The Morgan fingerprint density at radius 2 is 1.68 bits per heavy atom. The monoisotopic (exact) mass is 445 g/mol. The van der Waals surface area contributed by atoms with Crippen LogP contribution in [0.5, 0.6) is 0 Å². The standard InChI is InChI=1S/C17H31N7O7/c18-9(3-1-5-21-17(19)20)13(27)22-10(7-25)14(28)23-11(8-26)15(29)24-6-2-4-12(24)16(30)31/h9-12,25-26H,1-8,18H2,(H,22,27)(H,23,28)(H,30,31)(H4,19,20,21). The zero-order valence-corrected chi connectivity index (χ0v) is 17.1. The molecular formula is C17H31N7O7. The summed E-state index contributed by atoms with van der Waals surface area (Å²) < 4.78 is 0. The lowest BCUT2D eigenvalue weighted by Gasteiger charge is -2.27. The summed E-state index contributed by atoms with van der Waals surface area (Å²) in [6, 6.07) is -4.88. The number of carboxylic acid groups (broad SMARTS) is 1. The molecule has 14 heteroatoms. The molecule has 0 aromatic heterocycles. The van der Waals surface area contributed by atoms with E-state index in [1.807, 2.05) is 0 Å². The molecule has 0 saturated carbocycles. The summed E-state index contributed by atoms with van der Waals surface area (Å²) in [5.74, 6) is -3.67. The van der Waals surface area contributed by atoms with Crippen LogP contribution in [0.4, 0.5) is 0 Å². The Labute approximate surface area is 178 Å². The zero-order valence-electron chi connectivity index (χ0n) is 17.1. The summed E-state index contributed by atoms with van der Waals surface area (Å²) in [5.41, 5.74) is 16.1. The van der Waals surface area contributed by atoms with Crippen LogP contribution in [-0.2, 0) is 19.2 Å². The van der Waals surface area contributed by atoms with Gasteiger partial charge in [0.25, 0.3) is 0 Å². The van der Waals surface area contributed by atoms with E-state index in [2.05, 4.69) is 15.6 Å². The van der Waals surface area contributed by atoms with E-state index < -0.39 is 61.1 Å². The Kier molecular flexibility index (Phi) is 10.6. The van der Waals surface area contributed by atoms with Crippen LogP contribution in [0.15, 0.2) is 4.99 Å². The van der Waals surface area contributed by atoms with Crippen molar-refractivity contribution in [3.63, 3.8) is 0 Å². The van der Waals surface area contributed by atoms with Gasteiger partial charge in [0.1, 0.15) is 18.1 Å². The van der Waals surface area contributed by atoms with Gasteiger partial charge in [-0.3, -0.25) is 19.4 Å². The number of carboxylic acids is 1. The number of nitrogens with two attached hydrogens (primary N) is 3. The molecular weight excluding hydrogens is 414 g/mol. The van der Waals surface area contributed by atoms with Gasteiger partial charge in [-0.2, -0.15) is 0 Å². The van der Waals surface area contributed by atoms with Crippen molar-refractivity contribution >= 4 is 29.7 Å². The maximum Gasteiger partial charge on any atom is 0.326 e. The van der Waals surface area contributed by atoms with Crippen LogP contribution >= 0.6 is 0 Å². The van der Waals surface area contributed by atoms with Gasteiger partial charge in [0.05, 0.1) is 19.3 Å². The predicted molar refractivity (Wildman–Crippen MR) is 108 cm³/mol. The normalized spacial score (nSPS) is 18.5. The Balaban J connectivity index is 2.65. The SMILES string of the molecule is NC(N)=NCCCC(N)C(=O)NC(CO)C(=O)NC(CO)C(=O)N1CCCC1C(=O)O. The van der Waals surface area contributed by atoms with E-state index >= 15 is 0 Å². The third-order valence-electron chi connectivity index (χ3n) is 4.74. The molecule has 1 saturated heterocycles. The number of aliphatic carboxylic acids is 1. The molecule has 0 aromatic rings. The topological polar surface area (TPSA) is 247 Å². The Hall–Kier alpha value is -2.97. The number of nitrogens with zero attached hydrogens (tertiary/aromatic N) is 2. The molecule has 1 rings (SSSR count). The number of rotatable bonds is 12. The number of aliphatic imine (C=N–C) groups is 1. The van der Waals surface area contributed by atoms with Gasteiger partial charge in [-0.1, -0.05) is 0 Å². The second-order valence-corrected chi connectivity index (χ2v) is 7.07. The van der Waals surface area contributed by atoms with Crippen molar-refractivity contribution in [1.82, 2.24) is 15.5 Å². The van der Waals surface area contributed by atoms with E-state index in [4.69, 9.17) is 17.2 Å². The Morgan fingerprint density at radius 1 is 1.06 bits per heavy atom. The first-order valence-electron chi connectivity index (χ1n) is 9.79. The number of hydrogen-bond donors (Lipinski definition) is 8. The second-order valence-electron chi connectivity index (χ2n) is 7.07. The molecule has 31 heavy (non-hydrogen) atoms. The molecule has 14 nitrogen and oxygen atoms in total. The van der Waals surface area contributed by atoms with E-state index in [1.165, 1.54) is 0 Å². The van der Waals surface area contributed by atoms with Gasteiger partial charge in [0, 0.05) is 13.1 Å². The predicted octanol–water partition coefficient (Wildman–Crippen LogP) is -4.60. The summed E-state index contributed by atoms with van der Waals surface area (Å²) >= 11 is 0. The number of guanidine groups is 1. The molecule has 0 spiro atoms. The van der Waals surface area contributed by atoms with Crippen molar-refractivity contribution in [3.05, 3.63) is 0 Å². The van der Waals surface area contributed by atoms with E-state index in [0.717, 1.165) is 4.90 Å². The number of aliphatic hydroxyl groups excluding tert-OH is 2. The molecule has 1 fully saturated rings. The highest BCUT2D eigenvalue weighted by atomic mass is 16.4. The van der Waals surface area contributed by atoms with Crippen molar-refractivity contribution in [2.24, 2.45) is 22.2 Å². The number of nitrogens with one attached hydrogen (secondary N) is 2. The van der Waals surface area contributed by atoms with E-state index in [1.54, 1.807) is 0 Å². The largest absolute Gasteiger partial charge is 0.480 e. The summed E-state index contributed by atoms with van der Waals surface area (Å²) in [4.78, 5) is 53.2. The quantitative estimate of drug-likeness (QED) is 0.0810. The number of amides is 3. The van der Waals surface area contributed by atoms with Gasteiger partial charge in [0.2, 0.25) is 17.7 Å². The smallest absolute Gasteiger partial charge is 0.326 e. The van der Waals surface area contributed by atoms with E-state index in [9.17, 15) is 34.5 Å². The van der Waals surface area contributed by atoms with Crippen LogP contribution in [0, 0.1) is 0 Å². The molecule has 11 N–H and O–H groups in total. The summed E-state index contributed by atoms with van der Waals surface area (Å²) in [7, 11) is 0. The fourth-order valence-corrected chi connectivity index (χ4v) is 3.07. The number of carbonyl (C=O) groups excluding carboxylic acids is 3. The Morgan fingerprint density at radius 3 is 2.23 bits per heavy atom. The van der Waals surface area contributed by atoms with Crippen LogP contribution in [0.25, 0.3) is 0 Å². The molecule has 0 aliphatic carbocycles.